The van der Waals surface area contributed by atoms with Crippen molar-refractivity contribution < 1.29 is 0 Å². The number of aromatic amines is 1. The molecule has 0 saturated carbocycles. The van der Waals surface area contributed by atoms with E-state index in [1.165, 1.54) is 0 Å². The zero-order valence-electron chi connectivity index (χ0n) is 6.45. The summed E-state index contributed by atoms with van der Waals surface area (Å²) in [4.78, 5) is 13.6. The van der Waals surface area contributed by atoms with Gasteiger partial charge >= 0.3 is 0 Å². The number of nitrogens with one attached hydrogen (secondary N) is 1. The van der Waals surface area contributed by atoms with Gasteiger partial charge in [0.25, 0.3) is 5.56 Å². The third-order valence-corrected chi connectivity index (χ3v) is 1.51. The zero-order valence-corrected chi connectivity index (χ0v) is 6.45. The topological polar surface area (TPSA) is 82.7 Å². The van der Waals surface area contributed by atoms with Crippen molar-refractivity contribution in [1.29, 1.82) is 5.26 Å². The number of pyridine rings is 1. The normalized spacial score (nSPS) is 12.0. The van der Waals surface area contributed by atoms with Gasteiger partial charge in [0.2, 0.25) is 0 Å². The first-order chi connectivity index (χ1) is 5.74. The number of hydrogen-bond acceptors (Lipinski definition) is 3. The highest BCUT2D eigenvalue weighted by Crippen LogP contribution is 1.93. The summed E-state index contributed by atoms with van der Waals surface area (Å²) >= 11 is 0. The Morgan fingerprint density at radius 3 is 3.08 bits per heavy atom. The van der Waals surface area contributed by atoms with Crippen LogP contribution in [-0.4, -0.2) is 11.0 Å². The number of hydrogen-bond donors (Lipinski definition) is 2. The number of nitriles is 1. The van der Waals surface area contributed by atoms with Crippen LogP contribution in [0.5, 0.6) is 0 Å². The average Bonchev–Trinajstić information content (AvgIpc) is 2.09. The summed E-state index contributed by atoms with van der Waals surface area (Å²) < 4.78 is 0. The molecule has 0 aliphatic carbocycles. The minimum atomic E-state index is -0.603. The Hall–Kier alpha value is -1.60. The fourth-order valence-electron chi connectivity index (χ4n) is 0.900. The third-order valence-electron chi connectivity index (χ3n) is 1.51. The van der Waals surface area contributed by atoms with E-state index in [2.05, 4.69) is 4.98 Å². The first-order valence-electron chi connectivity index (χ1n) is 3.56. The van der Waals surface area contributed by atoms with Crippen LogP contribution in [0.25, 0.3) is 0 Å². The molecule has 0 amide bonds. The summed E-state index contributed by atoms with van der Waals surface area (Å²) in [6.45, 7) is 0. The molecule has 0 aliphatic rings. The van der Waals surface area contributed by atoms with Gasteiger partial charge in [0.15, 0.2) is 0 Å². The Balaban J connectivity index is 2.85. The lowest BCUT2D eigenvalue weighted by Crippen LogP contribution is -2.24. The van der Waals surface area contributed by atoms with Gasteiger partial charge in [-0.2, -0.15) is 5.26 Å². The van der Waals surface area contributed by atoms with E-state index in [1.54, 1.807) is 18.3 Å². The van der Waals surface area contributed by atoms with Crippen LogP contribution < -0.4 is 11.3 Å². The van der Waals surface area contributed by atoms with Crippen LogP contribution >= 0.6 is 0 Å². The standard InChI is InChI=1S/C8H9N3O/c9-5-7(10)4-6-2-1-3-11-8(6)12/h1-3,7H,4,10H2,(H,11,12). The van der Waals surface area contributed by atoms with Crippen LogP contribution in [0.2, 0.25) is 0 Å². The van der Waals surface area contributed by atoms with E-state index in [4.69, 9.17) is 11.0 Å². The number of nitrogens with two attached hydrogens (primary N) is 1. The van der Waals surface area contributed by atoms with Crippen LogP contribution in [0, 0.1) is 11.3 Å². The van der Waals surface area contributed by atoms with Gasteiger partial charge in [-0.3, -0.25) is 4.79 Å². The van der Waals surface area contributed by atoms with Gasteiger partial charge < -0.3 is 10.7 Å². The molecule has 0 aromatic carbocycles. The maximum Gasteiger partial charge on any atom is 0.251 e. The number of nitrogens with zero attached hydrogens (tertiary/aromatic N) is 1. The second-order valence-corrected chi connectivity index (χ2v) is 2.46. The second-order valence-electron chi connectivity index (χ2n) is 2.46. The fourth-order valence-corrected chi connectivity index (χ4v) is 0.900. The Labute approximate surface area is 69.6 Å². The van der Waals surface area contributed by atoms with Gasteiger partial charge in [0, 0.05) is 18.2 Å². The molecule has 1 aromatic rings. The Morgan fingerprint density at radius 1 is 1.75 bits per heavy atom. The van der Waals surface area contributed by atoms with E-state index in [1.807, 2.05) is 6.07 Å². The lowest BCUT2D eigenvalue weighted by atomic mass is 10.1. The van der Waals surface area contributed by atoms with Crippen LogP contribution in [0.1, 0.15) is 5.56 Å². The first-order valence-corrected chi connectivity index (χ1v) is 3.56. The quantitative estimate of drug-likeness (QED) is 0.631. The van der Waals surface area contributed by atoms with Crippen molar-refractivity contribution in [1.82, 2.24) is 4.98 Å². The molecular formula is C8H9N3O. The predicted octanol–water partition coefficient (Wildman–Crippen LogP) is -0.232. The van der Waals surface area contributed by atoms with Crippen molar-refractivity contribution in [3.8, 4) is 6.07 Å². The summed E-state index contributed by atoms with van der Waals surface area (Å²) in [5.41, 5.74) is 5.73. The van der Waals surface area contributed by atoms with E-state index in [-0.39, 0.29) is 5.56 Å². The highest BCUT2D eigenvalue weighted by atomic mass is 16.1. The van der Waals surface area contributed by atoms with E-state index >= 15 is 0 Å². The third kappa shape index (κ3) is 1.94. The minimum Gasteiger partial charge on any atom is -0.329 e. The van der Waals surface area contributed by atoms with Crippen molar-refractivity contribution in [3.63, 3.8) is 0 Å². The molecule has 3 N–H and O–H groups in total. The van der Waals surface area contributed by atoms with Gasteiger partial charge in [-0.05, 0) is 6.07 Å². The highest BCUT2D eigenvalue weighted by Gasteiger charge is 2.04. The number of H-pyrrole nitrogens is 1. The molecule has 1 unspecified atom stereocenters. The fraction of sp³-hybridized carbons (Fsp3) is 0.250. The molecule has 1 atom stereocenters. The zero-order chi connectivity index (χ0) is 8.97. The summed E-state index contributed by atoms with van der Waals surface area (Å²) in [7, 11) is 0. The van der Waals surface area contributed by atoms with Gasteiger partial charge in [0.05, 0.1) is 12.1 Å². The first kappa shape index (κ1) is 8.50. The lowest BCUT2D eigenvalue weighted by molar-refractivity contribution is 0.812. The monoisotopic (exact) mass is 163 g/mol. The molecular weight excluding hydrogens is 154 g/mol. The number of rotatable bonds is 2. The molecule has 1 heterocycles. The molecule has 1 rings (SSSR count). The summed E-state index contributed by atoms with van der Waals surface area (Å²) in [5.74, 6) is 0. The van der Waals surface area contributed by atoms with Crippen LogP contribution in [0.3, 0.4) is 0 Å². The molecule has 0 bridgehead atoms. The molecule has 0 spiro atoms. The molecule has 0 saturated heterocycles. The number of aromatic nitrogens is 1. The van der Waals surface area contributed by atoms with E-state index in [9.17, 15) is 4.79 Å². The van der Waals surface area contributed by atoms with E-state index in [0.29, 0.717) is 12.0 Å². The van der Waals surface area contributed by atoms with Gasteiger partial charge in [-0.25, -0.2) is 0 Å². The van der Waals surface area contributed by atoms with Gasteiger partial charge in [-0.15, -0.1) is 0 Å². The van der Waals surface area contributed by atoms with Gasteiger partial charge in [-0.1, -0.05) is 6.07 Å². The second kappa shape index (κ2) is 3.69. The molecule has 4 heteroatoms. The van der Waals surface area contributed by atoms with Crippen molar-refractivity contribution in [3.05, 3.63) is 34.2 Å². The lowest BCUT2D eigenvalue weighted by Gasteiger charge is -1.99. The largest absolute Gasteiger partial charge is 0.329 e. The van der Waals surface area contributed by atoms with Crippen LogP contribution in [-0.2, 0) is 6.42 Å². The molecule has 1 aromatic heterocycles. The SMILES string of the molecule is N#CC(N)Cc1ccc[nH]c1=O. The van der Waals surface area contributed by atoms with E-state index in [0.717, 1.165) is 0 Å². The van der Waals surface area contributed by atoms with Crippen molar-refractivity contribution in [2.45, 2.75) is 12.5 Å². The van der Waals surface area contributed by atoms with E-state index < -0.39 is 6.04 Å². The molecule has 12 heavy (non-hydrogen) atoms. The Kier molecular flexibility index (Phi) is 2.62. The summed E-state index contributed by atoms with van der Waals surface area (Å²) in [6, 6.07) is 4.63. The van der Waals surface area contributed by atoms with Gasteiger partial charge in [0.1, 0.15) is 0 Å². The summed E-state index contributed by atoms with van der Waals surface area (Å²) in [6.07, 6.45) is 1.84. The smallest absolute Gasteiger partial charge is 0.251 e. The molecule has 0 aliphatic heterocycles. The molecule has 62 valence electrons. The molecule has 0 radical (unpaired) electrons. The van der Waals surface area contributed by atoms with Crippen LogP contribution in [0.15, 0.2) is 23.1 Å². The van der Waals surface area contributed by atoms with Crippen molar-refractivity contribution in [2.75, 3.05) is 0 Å². The maximum absolute atomic E-state index is 11.1. The Bertz CT molecular complexity index is 350. The van der Waals surface area contributed by atoms with Crippen molar-refractivity contribution in [2.24, 2.45) is 5.73 Å². The predicted molar refractivity (Wildman–Crippen MR) is 44.4 cm³/mol. The highest BCUT2D eigenvalue weighted by molar-refractivity contribution is 5.12. The van der Waals surface area contributed by atoms with Crippen LogP contribution in [0.4, 0.5) is 0 Å². The minimum absolute atomic E-state index is 0.178. The Morgan fingerprint density at radius 2 is 2.50 bits per heavy atom. The maximum atomic E-state index is 11.1. The summed E-state index contributed by atoms with van der Waals surface area (Å²) in [5, 5.41) is 8.40. The van der Waals surface area contributed by atoms with Crippen molar-refractivity contribution >= 4 is 0 Å². The molecule has 0 fully saturated rings. The average molecular weight is 163 g/mol. The molecule has 4 nitrogen and oxygen atoms in total.